The van der Waals surface area contributed by atoms with E-state index in [0.29, 0.717) is 17.5 Å². The molecular weight excluding hydrogens is 386 g/mol. The summed E-state index contributed by atoms with van der Waals surface area (Å²) < 4.78 is 30.9. The molecule has 0 saturated heterocycles. The largest absolute Gasteiger partial charge is 0.379 e. The van der Waals surface area contributed by atoms with Gasteiger partial charge in [-0.25, -0.2) is 0 Å². The minimum absolute atomic E-state index is 0.0827. The zero-order valence-electron chi connectivity index (χ0n) is 16.3. The van der Waals surface area contributed by atoms with Gasteiger partial charge in [0, 0.05) is 11.1 Å². The average Bonchev–Trinajstić information content (AvgIpc) is 2.73. The quantitative estimate of drug-likeness (QED) is 0.577. The fourth-order valence-electron chi connectivity index (χ4n) is 2.95. The average molecular weight is 410 g/mol. The minimum atomic E-state index is -3.99. The van der Waals surface area contributed by atoms with Crippen LogP contribution in [0.3, 0.4) is 0 Å². The van der Waals surface area contributed by atoms with Crippen molar-refractivity contribution in [3.8, 4) is 5.75 Å². The van der Waals surface area contributed by atoms with E-state index in [9.17, 15) is 13.2 Å². The number of carbonyl (C=O) groups excluding carboxylic acids is 1. The second-order valence-corrected chi connectivity index (χ2v) is 8.23. The van der Waals surface area contributed by atoms with Crippen LogP contribution >= 0.6 is 0 Å². The Balaban J connectivity index is 1.87. The molecule has 3 rings (SSSR count). The van der Waals surface area contributed by atoms with Crippen LogP contribution < -0.4 is 9.50 Å². The number of carbonyl (C=O) groups is 1. The lowest BCUT2D eigenvalue weighted by Gasteiger charge is -2.20. The topological polar surface area (TPSA) is 72.5 Å². The van der Waals surface area contributed by atoms with Crippen LogP contribution in [0.25, 0.3) is 0 Å². The van der Waals surface area contributed by atoms with Gasteiger partial charge >= 0.3 is 10.1 Å². The van der Waals surface area contributed by atoms with Crippen LogP contribution in [0.2, 0.25) is 0 Å². The summed E-state index contributed by atoms with van der Waals surface area (Å²) in [4.78, 5) is 12.6. The van der Waals surface area contributed by atoms with Gasteiger partial charge in [-0.3, -0.25) is 4.79 Å². The first-order valence-electron chi connectivity index (χ1n) is 9.36. The first-order valence-corrected chi connectivity index (χ1v) is 10.8. The molecule has 0 spiro atoms. The second-order valence-electron chi connectivity index (χ2n) is 6.69. The van der Waals surface area contributed by atoms with E-state index in [1.165, 1.54) is 12.1 Å². The molecule has 1 unspecified atom stereocenters. The molecule has 3 aromatic carbocycles. The van der Waals surface area contributed by atoms with Crippen molar-refractivity contribution in [3.05, 3.63) is 95.6 Å². The Morgan fingerprint density at radius 1 is 0.931 bits per heavy atom. The van der Waals surface area contributed by atoms with Gasteiger partial charge in [0.25, 0.3) is 5.91 Å². The minimum Gasteiger partial charge on any atom is -0.379 e. The summed E-state index contributed by atoms with van der Waals surface area (Å²) in [6, 6.07) is 21.8. The third-order valence-electron chi connectivity index (χ3n) is 4.55. The Hall–Kier alpha value is -3.12. The van der Waals surface area contributed by atoms with E-state index in [2.05, 4.69) is 5.32 Å². The third kappa shape index (κ3) is 5.03. The molecule has 6 heteroatoms. The van der Waals surface area contributed by atoms with Gasteiger partial charge in [-0.15, -0.1) is 0 Å². The maximum atomic E-state index is 12.7. The molecular formula is C23H23NO4S. The highest BCUT2D eigenvalue weighted by Crippen LogP contribution is 2.30. The highest BCUT2D eigenvalue weighted by molar-refractivity contribution is 7.87. The number of rotatable bonds is 7. The Kier molecular flexibility index (Phi) is 6.34. The smallest absolute Gasteiger partial charge is 0.339 e. The maximum Gasteiger partial charge on any atom is 0.339 e. The summed E-state index contributed by atoms with van der Waals surface area (Å²) in [5.74, 6) is -0.0260. The van der Waals surface area contributed by atoms with Crippen LogP contribution in [0.15, 0.2) is 83.8 Å². The van der Waals surface area contributed by atoms with Gasteiger partial charge in [0.15, 0.2) is 0 Å². The highest BCUT2D eigenvalue weighted by Gasteiger charge is 2.22. The van der Waals surface area contributed by atoms with Gasteiger partial charge in [0.2, 0.25) is 0 Å². The zero-order chi connectivity index (χ0) is 20.9. The highest BCUT2D eigenvalue weighted by atomic mass is 32.2. The van der Waals surface area contributed by atoms with Crippen LogP contribution in [-0.4, -0.2) is 14.3 Å². The lowest BCUT2D eigenvalue weighted by atomic mass is 10.0. The van der Waals surface area contributed by atoms with Crippen molar-refractivity contribution in [2.45, 2.75) is 31.2 Å². The SMILES string of the molecule is CCC(NC(=O)c1ccccc1)c1ccccc1OS(=O)(=O)c1ccc(C)cc1. The lowest BCUT2D eigenvalue weighted by molar-refractivity contribution is 0.0935. The number of amides is 1. The van der Waals surface area contributed by atoms with E-state index >= 15 is 0 Å². The van der Waals surface area contributed by atoms with E-state index in [-0.39, 0.29) is 16.6 Å². The molecule has 0 aromatic heterocycles. The van der Waals surface area contributed by atoms with Gasteiger partial charge in [0.05, 0.1) is 6.04 Å². The van der Waals surface area contributed by atoms with Crippen LogP contribution in [0.5, 0.6) is 5.75 Å². The number of para-hydroxylation sites is 1. The predicted molar refractivity (Wildman–Crippen MR) is 112 cm³/mol. The van der Waals surface area contributed by atoms with Gasteiger partial charge in [0.1, 0.15) is 10.6 Å². The van der Waals surface area contributed by atoms with Gasteiger partial charge in [-0.05, 0) is 43.7 Å². The van der Waals surface area contributed by atoms with E-state index in [1.807, 2.05) is 19.9 Å². The summed E-state index contributed by atoms with van der Waals surface area (Å²) in [7, 11) is -3.99. The van der Waals surface area contributed by atoms with Crippen LogP contribution in [0.4, 0.5) is 0 Å². The maximum absolute atomic E-state index is 12.7. The van der Waals surface area contributed by atoms with Crippen molar-refractivity contribution in [2.24, 2.45) is 0 Å². The molecule has 0 aliphatic heterocycles. The second kappa shape index (κ2) is 8.92. The van der Waals surface area contributed by atoms with Crippen molar-refractivity contribution in [2.75, 3.05) is 0 Å². The molecule has 5 nitrogen and oxygen atoms in total. The molecule has 1 amide bonds. The molecule has 0 radical (unpaired) electrons. The van der Waals surface area contributed by atoms with Gasteiger partial charge in [-0.2, -0.15) is 8.42 Å². The predicted octanol–water partition coefficient (Wildman–Crippen LogP) is 4.64. The molecule has 0 heterocycles. The standard InChI is InChI=1S/C23H23NO4S/c1-3-21(24-23(25)18-9-5-4-6-10-18)20-11-7-8-12-22(20)28-29(26,27)19-15-13-17(2)14-16-19/h4-16,21H,3H2,1-2H3,(H,24,25). The molecule has 1 atom stereocenters. The molecule has 0 fully saturated rings. The normalized spacial score (nSPS) is 12.2. The van der Waals surface area contributed by atoms with Crippen molar-refractivity contribution in [3.63, 3.8) is 0 Å². The first-order chi connectivity index (χ1) is 13.9. The number of hydrogen-bond donors (Lipinski definition) is 1. The molecule has 0 aliphatic carbocycles. The molecule has 0 bridgehead atoms. The Morgan fingerprint density at radius 2 is 1.55 bits per heavy atom. The number of benzene rings is 3. The van der Waals surface area contributed by atoms with Crippen molar-refractivity contribution >= 4 is 16.0 Å². The Morgan fingerprint density at radius 3 is 2.21 bits per heavy atom. The van der Waals surface area contributed by atoms with Gasteiger partial charge in [-0.1, -0.05) is 61.0 Å². The Bertz CT molecular complexity index is 1080. The number of nitrogens with one attached hydrogen (secondary N) is 1. The van der Waals surface area contributed by atoms with Gasteiger partial charge < -0.3 is 9.50 Å². The zero-order valence-corrected chi connectivity index (χ0v) is 17.1. The molecule has 3 aromatic rings. The van der Waals surface area contributed by atoms with Crippen molar-refractivity contribution in [1.82, 2.24) is 5.32 Å². The fraction of sp³-hybridized carbons (Fsp3) is 0.174. The van der Waals surface area contributed by atoms with Crippen molar-refractivity contribution < 1.29 is 17.4 Å². The molecule has 29 heavy (non-hydrogen) atoms. The number of hydrogen-bond acceptors (Lipinski definition) is 4. The van der Waals surface area contributed by atoms with Crippen LogP contribution in [-0.2, 0) is 10.1 Å². The molecule has 150 valence electrons. The summed E-state index contributed by atoms with van der Waals surface area (Å²) in [6.07, 6.45) is 0.573. The monoisotopic (exact) mass is 409 g/mol. The summed E-state index contributed by atoms with van der Waals surface area (Å²) in [6.45, 7) is 3.80. The van der Waals surface area contributed by atoms with Crippen molar-refractivity contribution in [1.29, 1.82) is 0 Å². The van der Waals surface area contributed by atoms with E-state index < -0.39 is 16.2 Å². The van der Waals surface area contributed by atoms with Crippen LogP contribution in [0.1, 0.15) is 40.9 Å². The molecule has 1 N–H and O–H groups in total. The van der Waals surface area contributed by atoms with Crippen LogP contribution in [0, 0.1) is 6.92 Å². The summed E-state index contributed by atoms with van der Waals surface area (Å²) in [5, 5.41) is 2.96. The van der Waals surface area contributed by atoms with E-state index in [0.717, 1.165) is 5.56 Å². The molecule has 0 aliphatic rings. The third-order valence-corrected chi connectivity index (χ3v) is 5.80. The Labute approximate surface area is 171 Å². The summed E-state index contributed by atoms with van der Waals surface area (Å²) in [5.41, 5.74) is 2.10. The molecule has 0 saturated carbocycles. The first kappa shape index (κ1) is 20.6. The number of aryl methyl sites for hydroxylation is 1. The fourth-order valence-corrected chi connectivity index (χ4v) is 3.90. The van der Waals surface area contributed by atoms with E-state index in [4.69, 9.17) is 4.18 Å². The van der Waals surface area contributed by atoms with E-state index in [1.54, 1.807) is 60.7 Å². The summed E-state index contributed by atoms with van der Waals surface area (Å²) >= 11 is 0. The lowest BCUT2D eigenvalue weighted by Crippen LogP contribution is -2.28.